The fourth-order valence-corrected chi connectivity index (χ4v) is 3.94. The lowest BCUT2D eigenvalue weighted by Gasteiger charge is -2.39. The number of hydrogen-bond acceptors (Lipinski definition) is 6. The summed E-state index contributed by atoms with van der Waals surface area (Å²) >= 11 is 0. The third-order valence-corrected chi connectivity index (χ3v) is 5.25. The highest BCUT2D eigenvalue weighted by Gasteiger charge is 2.25. The Morgan fingerprint density at radius 2 is 1.76 bits per heavy atom. The van der Waals surface area contributed by atoms with Crippen molar-refractivity contribution in [1.82, 2.24) is 19.9 Å². The number of piperidine rings is 1. The number of anilines is 2. The van der Waals surface area contributed by atoms with E-state index in [4.69, 9.17) is 0 Å². The van der Waals surface area contributed by atoms with Crippen molar-refractivity contribution < 1.29 is 0 Å². The summed E-state index contributed by atoms with van der Waals surface area (Å²) in [6, 6.07) is 6.15. The van der Waals surface area contributed by atoms with Crippen LogP contribution < -0.4 is 9.80 Å². The van der Waals surface area contributed by atoms with Gasteiger partial charge in [-0.1, -0.05) is 6.07 Å². The van der Waals surface area contributed by atoms with Gasteiger partial charge in [0.25, 0.3) is 0 Å². The van der Waals surface area contributed by atoms with Crippen LogP contribution in [0.3, 0.4) is 0 Å². The van der Waals surface area contributed by atoms with Crippen LogP contribution in [0.4, 0.5) is 11.6 Å². The van der Waals surface area contributed by atoms with Gasteiger partial charge in [-0.05, 0) is 30.9 Å². The van der Waals surface area contributed by atoms with Crippen LogP contribution >= 0.6 is 0 Å². The predicted molar refractivity (Wildman–Crippen MR) is 99.9 cm³/mol. The van der Waals surface area contributed by atoms with Gasteiger partial charge in [0.15, 0.2) is 0 Å². The summed E-state index contributed by atoms with van der Waals surface area (Å²) in [5.74, 6) is 2.85. The van der Waals surface area contributed by atoms with E-state index in [-0.39, 0.29) is 0 Å². The normalized spacial score (nSPS) is 22.2. The van der Waals surface area contributed by atoms with Crippen molar-refractivity contribution >= 4 is 11.6 Å². The minimum atomic E-state index is 0.720. The Morgan fingerprint density at radius 3 is 2.52 bits per heavy atom. The van der Waals surface area contributed by atoms with Crippen molar-refractivity contribution in [3.63, 3.8) is 0 Å². The maximum atomic E-state index is 4.47. The van der Waals surface area contributed by atoms with Crippen LogP contribution in [0.1, 0.15) is 12.8 Å². The van der Waals surface area contributed by atoms with E-state index in [1.54, 1.807) is 12.4 Å². The molecular formula is C19H26N6. The average molecular weight is 338 g/mol. The van der Waals surface area contributed by atoms with Crippen LogP contribution in [-0.4, -0.2) is 65.7 Å². The van der Waals surface area contributed by atoms with Crippen LogP contribution in [0, 0.1) is 5.92 Å². The fraction of sp³-hybridized carbons (Fsp3) is 0.526. The molecule has 2 aromatic rings. The Bertz CT molecular complexity index is 641. The van der Waals surface area contributed by atoms with Gasteiger partial charge in [-0.3, -0.25) is 9.88 Å². The van der Waals surface area contributed by atoms with E-state index in [2.05, 4.69) is 41.8 Å². The van der Waals surface area contributed by atoms with E-state index < -0.39 is 0 Å². The Balaban J connectivity index is 1.28. The predicted octanol–water partition coefficient (Wildman–Crippen LogP) is 1.91. The van der Waals surface area contributed by atoms with Gasteiger partial charge in [-0.25, -0.2) is 9.97 Å². The molecule has 0 radical (unpaired) electrons. The first-order valence-electron chi connectivity index (χ1n) is 9.28. The summed E-state index contributed by atoms with van der Waals surface area (Å²) < 4.78 is 0. The van der Waals surface area contributed by atoms with Crippen LogP contribution in [0.15, 0.2) is 43.0 Å². The molecule has 6 heteroatoms. The molecule has 2 aromatic heterocycles. The quantitative estimate of drug-likeness (QED) is 0.849. The molecule has 0 N–H and O–H groups in total. The number of pyridine rings is 1. The van der Waals surface area contributed by atoms with E-state index in [1.807, 2.05) is 18.5 Å². The Morgan fingerprint density at radius 1 is 0.880 bits per heavy atom. The van der Waals surface area contributed by atoms with Gasteiger partial charge in [-0.15, -0.1) is 0 Å². The number of aromatic nitrogens is 3. The summed E-state index contributed by atoms with van der Waals surface area (Å²) in [7, 11) is 0. The summed E-state index contributed by atoms with van der Waals surface area (Å²) in [4.78, 5) is 20.6. The molecule has 2 aliphatic heterocycles. The molecule has 0 saturated carbocycles. The zero-order valence-corrected chi connectivity index (χ0v) is 14.7. The minimum absolute atomic E-state index is 0.720. The van der Waals surface area contributed by atoms with Gasteiger partial charge in [0.2, 0.25) is 0 Å². The Labute approximate surface area is 149 Å². The largest absolute Gasteiger partial charge is 0.355 e. The van der Waals surface area contributed by atoms with Crippen molar-refractivity contribution in [2.75, 3.05) is 55.6 Å². The molecule has 1 unspecified atom stereocenters. The highest BCUT2D eigenvalue weighted by Crippen LogP contribution is 2.22. The second kappa shape index (κ2) is 7.78. The van der Waals surface area contributed by atoms with Gasteiger partial charge in [-0.2, -0.15) is 0 Å². The van der Waals surface area contributed by atoms with E-state index in [9.17, 15) is 0 Å². The third kappa shape index (κ3) is 4.07. The number of nitrogens with zero attached hydrogens (tertiary/aromatic N) is 6. The van der Waals surface area contributed by atoms with Crippen LogP contribution in [-0.2, 0) is 0 Å². The van der Waals surface area contributed by atoms with Crippen molar-refractivity contribution in [1.29, 1.82) is 0 Å². The van der Waals surface area contributed by atoms with Gasteiger partial charge in [0, 0.05) is 64.4 Å². The zero-order valence-electron chi connectivity index (χ0n) is 14.7. The molecule has 0 bridgehead atoms. The Hall–Kier alpha value is -2.21. The lowest BCUT2D eigenvalue weighted by Crippen LogP contribution is -2.50. The monoisotopic (exact) mass is 338 g/mol. The summed E-state index contributed by atoms with van der Waals surface area (Å²) in [6.45, 7) is 7.76. The third-order valence-electron chi connectivity index (χ3n) is 5.25. The van der Waals surface area contributed by atoms with Crippen molar-refractivity contribution in [2.45, 2.75) is 12.8 Å². The SMILES string of the molecule is c1ccc(N2CCN(CC3CCCN(c4cnccn4)C3)CC2)nc1. The summed E-state index contributed by atoms with van der Waals surface area (Å²) in [5, 5.41) is 0. The molecular weight excluding hydrogens is 312 g/mol. The maximum Gasteiger partial charge on any atom is 0.147 e. The molecule has 1 atom stereocenters. The molecule has 0 aliphatic carbocycles. The van der Waals surface area contributed by atoms with Crippen molar-refractivity contribution in [3.8, 4) is 0 Å². The standard InChI is InChI=1S/C19H26N6/c1-2-6-21-18(5-1)24-12-10-23(11-13-24)15-17-4-3-9-25(16-17)19-14-20-7-8-22-19/h1-2,5-8,14,17H,3-4,9-13,15-16H2. The molecule has 2 fully saturated rings. The molecule has 0 aromatic carbocycles. The Kier molecular flexibility index (Phi) is 5.06. The van der Waals surface area contributed by atoms with Gasteiger partial charge in [0.1, 0.15) is 11.6 Å². The number of piperazine rings is 1. The molecule has 2 saturated heterocycles. The van der Waals surface area contributed by atoms with Gasteiger partial charge < -0.3 is 9.80 Å². The molecule has 132 valence electrons. The van der Waals surface area contributed by atoms with Gasteiger partial charge >= 0.3 is 0 Å². The van der Waals surface area contributed by atoms with E-state index in [0.717, 1.165) is 56.8 Å². The first-order valence-corrected chi connectivity index (χ1v) is 9.28. The first-order chi connectivity index (χ1) is 12.4. The summed E-state index contributed by atoms with van der Waals surface area (Å²) in [6.07, 6.45) is 9.85. The van der Waals surface area contributed by atoms with Gasteiger partial charge in [0.05, 0.1) is 6.20 Å². The second-order valence-electron chi connectivity index (χ2n) is 6.99. The molecule has 4 rings (SSSR count). The van der Waals surface area contributed by atoms with E-state index in [0.29, 0.717) is 0 Å². The fourth-order valence-electron chi connectivity index (χ4n) is 3.94. The van der Waals surface area contributed by atoms with Crippen LogP contribution in [0.25, 0.3) is 0 Å². The number of rotatable bonds is 4. The van der Waals surface area contributed by atoms with Crippen LogP contribution in [0.2, 0.25) is 0 Å². The molecule has 0 amide bonds. The maximum absolute atomic E-state index is 4.47. The summed E-state index contributed by atoms with van der Waals surface area (Å²) in [5.41, 5.74) is 0. The van der Waals surface area contributed by atoms with Crippen molar-refractivity contribution in [3.05, 3.63) is 43.0 Å². The minimum Gasteiger partial charge on any atom is -0.355 e. The average Bonchev–Trinajstić information content (AvgIpc) is 2.70. The second-order valence-corrected chi connectivity index (χ2v) is 6.99. The number of hydrogen-bond donors (Lipinski definition) is 0. The molecule has 2 aliphatic rings. The van der Waals surface area contributed by atoms with Crippen LogP contribution in [0.5, 0.6) is 0 Å². The highest BCUT2D eigenvalue weighted by molar-refractivity contribution is 5.38. The molecule has 0 spiro atoms. The topological polar surface area (TPSA) is 48.4 Å². The van der Waals surface area contributed by atoms with E-state index >= 15 is 0 Å². The highest BCUT2D eigenvalue weighted by atomic mass is 15.3. The zero-order chi connectivity index (χ0) is 16.9. The molecule has 6 nitrogen and oxygen atoms in total. The lowest BCUT2D eigenvalue weighted by molar-refractivity contribution is 0.205. The molecule has 25 heavy (non-hydrogen) atoms. The van der Waals surface area contributed by atoms with Crippen molar-refractivity contribution in [2.24, 2.45) is 5.92 Å². The smallest absolute Gasteiger partial charge is 0.147 e. The first kappa shape index (κ1) is 16.3. The van der Waals surface area contributed by atoms with E-state index in [1.165, 1.54) is 19.4 Å². The molecule has 4 heterocycles. The lowest BCUT2D eigenvalue weighted by atomic mass is 9.97.